The molecule has 1 heterocycles. The summed E-state index contributed by atoms with van der Waals surface area (Å²) < 4.78 is 1.54. The highest BCUT2D eigenvalue weighted by Gasteiger charge is 1.97. The molecule has 1 aliphatic heterocycles. The molecule has 4 heteroatoms. The second kappa shape index (κ2) is 1.75. The lowest BCUT2D eigenvalue weighted by Gasteiger charge is -1.95. The Morgan fingerprint density at radius 1 is 2.00 bits per heavy atom. The molecule has 0 bridgehead atoms. The van der Waals surface area contributed by atoms with E-state index in [1.54, 1.807) is 15.8 Å². The number of thiol groups is 1. The van der Waals surface area contributed by atoms with Crippen LogP contribution in [0.1, 0.15) is 0 Å². The standard InChI is InChI=1S/C2H4N2S2/c5-4-3-1-2-6-4/h1,5H,2H2. The van der Waals surface area contributed by atoms with E-state index in [-0.39, 0.29) is 0 Å². The maximum Gasteiger partial charge on any atom is 0.0533 e. The van der Waals surface area contributed by atoms with Crippen molar-refractivity contribution in [3.8, 4) is 0 Å². The molecule has 0 aliphatic carbocycles. The third kappa shape index (κ3) is 0.815. The van der Waals surface area contributed by atoms with E-state index in [2.05, 4.69) is 17.9 Å². The summed E-state index contributed by atoms with van der Waals surface area (Å²) in [5.41, 5.74) is 0. The Balaban J connectivity index is 2.38. The maximum atomic E-state index is 3.89. The Morgan fingerprint density at radius 2 is 2.83 bits per heavy atom. The minimum Gasteiger partial charge on any atom is -0.183 e. The van der Waals surface area contributed by atoms with Gasteiger partial charge in [-0.15, -0.1) is 0 Å². The molecule has 1 aliphatic rings. The van der Waals surface area contributed by atoms with Crippen LogP contribution >= 0.6 is 24.8 Å². The summed E-state index contributed by atoms with van der Waals surface area (Å²) in [5, 5.41) is 3.77. The van der Waals surface area contributed by atoms with Crippen LogP contribution in [0.15, 0.2) is 5.10 Å². The molecule has 0 unspecified atom stereocenters. The molecular formula is C2H4N2S2. The highest BCUT2D eigenvalue weighted by Crippen LogP contribution is 2.15. The van der Waals surface area contributed by atoms with E-state index in [0.717, 1.165) is 5.75 Å². The van der Waals surface area contributed by atoms with Gasteiger partial charge in [0.05, 0.1) is 5.75 Å². The summed E-state index contributed by atoms with van der Waals surface area (Å²) in [7, 11) is 0. The third-order valence-corrected chi connectivity index (χ3v) is 1.52. The van der Waals surface area contributed by atoms with Gasteiger partial charge in [0.25, 0.3) is 0 Å². The summed E-state index contributed by atoms with van der Waals surface area (Å²) in [5.74, 6) is 0.962. The predicted molar refractivity (Wildman–Crippen MR) is 31.8 cm³/mol. The Bertz CT molecular complexity index is 71.9. The fourth-order valence-electron chi connectivity index (χ4n) is 0.237. The summed E-state index contributed by atoms with van der Waals surface area (Å²) >= 11 is 5.46. The van der Waals surface area contributed by atoms with E-state index in [0.29, 0.717) is 0 Å². The van der Waals surface area contributed by atoms with Crippen molar-refractivity contribution in [3.63, 3.8) is 0 Å². The van der Waals surface area contributed by atoms with Crippen molar-refractivity contribution in [1.29, 1.82) is 0 Å². The first-order valence-electron chi connectivity index (χ1n) is 1.54. The summed E-state index contributed by atoms with van der Waals surface area (Å²) in [6.45, 7) is 0. The predicted octanol–water partition coefficient (Wildman–Crippen LogP) is 0.781. The molecule has 0 N–H and O–H groups in total. The van der Waals surface area contributed by atoms with Gasteiger partial charge in [0, 0.05) is 6.21 Å². The van der Waals surface area contributed by atoms with E-state index in [9.17, 15) is 0 Å². The van der Waals surface area contributed by atoms with Crippen LogP contribution in [0.2, 0.25) is 0 Å². The van der Waals surface area contributed by atoms with Crippen LogP contribution in [0.25, 0.3) is 0 Å². The van der Waals surface area contributed by atoms with Gasteiger partial charge in [0.1, 0.15) is 0 Å². The van der Waals surface area contributed by atoms with Gasteiger partial charge in [-0.3, -0.25) is 0 Å². The number of nitrogens with zero attached hydrogens (tertiary/aromatic N) is 2. The van der Waals surface area contributed by atoms with Crippen LogP contribution in [0.3, 0.4) is 0 Å². The van der Waals surface area contributed by atoms with Gasteiger partial charge in [-0.25, -0.2) is 0 Å². The lowest BCUT2D eigenvalue weighted by atomic mass is 10.9. The second-order valence-electron chi connectivity index (χ2n) is 0.847. The van der Waals surface area contributed by atoms with Gasteiger partial charge in [0.2, 0.25) is 0 Å². The molecule has 0 atom stereocenters. The first kappa shape index (κ1) is 4.33. The van der Waals surface area contributed by atoms with Crippen molar-refractivity contribution >= 4 is 31.0 Å². The van der Waals surface area contributed by atoms with E-state index in [1.807, 2.05) is 6.21 Å². The Kier molecular flexibility index (Phi) is 1.26. The molecule has 0 aromatic carbocycles. The lowest BCUT2D eigenvalue weighted by Crippen LogP contribution is -1.79. The molecule has 0 amide bonds. The molecule has 0 saturated heterocycles. The molecular weight excluding hydrogens is 116 g/mol. The van der Waals surface area contributed by atoms with Gasteiger partial charge in [-0.2, -0.15) is 8.92 Å². The molecule has 6 heavy (non-hydrogen) atoms. The molecule has 34 valence electrons. The topological polar surface area (TPSA) is 15.6 Å². The smallest absolute Gasteiger partial charge is 0.0533 e. The van der Waals surface area contributed by atoms with Crippen molar-refractivity contribution in [3.05, 3.63) is 0 Å². The van der Waals surface area contributed by atoms with Crippen LogP contribution in [0, 0.1) is 0 Å². The minimum absolute atomic E-state index is 0.962. The quantitative estimate of drug-likeness (QED) is 0.375. The van der Waals surface area contributed by atoms with E-state index < -0.39 is 0 Å². The summed E-state index contributed by atoms with van der Waals surface area (Å²) in [6, 6.07) is 0. The molecule has 0 fully saturated rings. The highest BCUT2D eigenvalue weighted by atomic mass is 32.2. The number of hydrogen-bond acceptors (Lipinski definition) is 4. The third-order valence-electron chi connectivity index (χ3n) is 0.445. The average molecular weight is 120 g/mol. The largest absolute Gasteiger partial charge is 0.183 e. The normalized spacial score (nSPS) is 19.8. The van der Waals surface area contributed by atoms with E-state index in [1.165, 1.54) is 0 Å². The van der Waals surface area contributed by atoms with Gasteiger partial charge in [-0.1, -0.05) is 0 Å². The highest BCUT2D eigenvalue weighted by molar-refractivity contribution is 8.06. The maximum absolute atomic E-state index is 3.89. The minimum atomic E-state index is 0.962. The Labute approximate surface area is 46.3 Å². The zero-order valence-electron chi connectivity index (χ0n) is 3.03. The van der Waals surface area contributed by atoms with Crippen LogP contribution in [0.4, 0.5) is 0 Å². The van der Waals surface area contributed by atoms with Crippen LogP contribution in [-0.4, -0.2) is 15.8 Å². The van der Waals surface area contributed by atoms with Crippen molar-refractivity contribution in [2.24, 2.45) is 5.10 Å². The van der Waals surface area contributed by atoms with Crippen LogP contribution in [0.5, 0.6) is 0 Å². The van der Waals surface area contributed by atoms with Crippen molar-refractivity contribution in [1.82, 2.24) is 3.82 Å². The first-order valence-corrected chi connectivity index (χ1v) is 2.88. The van der Waals surface area contributed by atoms with Crippen molar-refractivity contribution < 1.29 is 0 Å². The first-order chi connectivity index (χ1) is 2.89. The SMILES string of the molecule is SN1N=CCS1. The Hall–Kier alpha value is 0.170. The molecule has 1 rings (SSSR count). The summed E-state index contributed by atoms with van der Waals surface area (Å²) in [4.78, 5) is 0. The molecule has 0 saturated carbocycles. The molecule has 0 radical (unpaired) electrons. The van der Waals surface area contributed by atoms with Crippen molar-refractivity contribution in [2.45, 2.75) is 0 Å². The second-order valence-corrected chi connectivity index (χ2v) is 2.43. The zero-order chi connectivity index (χ0) is 4.41. The van der Waals surface area contributed by atoms with Gasteiger partial charge >= 0.3 is 0 Å². The Morgan fingerprint density at radius 3 is 3.00 bits per heavy atom. The monoisotopic (exact) mass is 120 g/mol. The van der Waals surface area contributed by atoms with Crippen molar-refractivity contribution in [2.75, 3.05) is 5.75 Å². The number of hydrogen-bond donors (Lipinski definition) is 1. The molecule has 0 aromatic rings. The fourth-order valence-corrected chi connectivity index (χ4v) is 0.910. The lowest BCUT2D eigenvalue weighted by molar-refractivity contribution is 0.854. The molecule has 0 aromatic heterocycles. The fraction of sp³-hybridized carbons (Fsp3) is 0.500. The van der Waals surface area contributed by atoms with Gasteiger partial charge in [0.15, 0.2) is 0 Å². The van der Waals surface area contributed by atoms with Crippen LogP contribution in [-0.2, 0) is 0 Å². The zero-order valence-corrected chi connectivity index (χ0v) is 4.75. The van der Waals surface area contributed by atoms with Gasteiger partial charge in [-0.05, 0) is 24.8 Å². The number of rotatable bonds is 0. The molecule has 2 nitrogen and oxygen atoms in total. The number of hydrazone groups is 1. The van der Waals surface area contributed by atoms with Gasteiger partial charge < -0.3 is 0 Å². The van der Waals surface area contributed by atoms with E-state index >= 15 is 0 Å². The van der Waals surface area contributed by atoms with E-state index in [4.69, 9.17) is 0 Å². The van der Waals surface area contributed by atoms with Crippen LogP contribution < -0.4 is 0 Å². The molecule has 0 spiro atoms. The average Bonchev–Trinajstić information content (AvgIpc) is 1.86. The summed E-state index contributed by atoms with van der Waals surface area (Å²) in [6.07, 6.45) is 1.82.